The molecule has 4 bridgehead atoms. The Labute approximate surface area is 388 Å². The van der Waals surface area contributed by atoms with E-state index in [1.165, 1.54) is 25.7 Å². The topological polar surface area (TPSA) is 103 Å². The van der Waals surface area contributed by atoms with Crippen molar-refractivity contribution in [1.29, 1.82) is 0 Å². The Kier molecular flexibility index (Phi) is 11.7. The van der Waals surface area contributed by atoms with E-state index in [0.717, 1.165) is 96.3 Å². The number of hydrogen-bond acceptors (Lipinski definition) is 10. The minimum Gasteiger partial charge on any atom is -0.497 e. The number of ketones is 2. The number of Topliss-reactive ketones (excluding diaryl/α,β-unsaturated/α-hetero) is 2. The predicted octanol–water partition coefficient (Wildman–Crippen LogP) is 10.8. The number of allylic oxidation sites excluding steroid dienone is 4. The van der Waals surface area contributed by atoms with Gasteiger partial charge in [0, 0.05) is 72.3 Å². The van der Waals surface area contributed by atoms with E-state index in [9.17, 15) is 0 Å². The number of pyridine rings is 2. The zero-order chi connectivity index (χ0) is 45.1. The Morgan fingerprint density at radius 2 is 1.08 bits per heavy atom. The maximum atomic E-state index is 15.2. The van der Waals surface area contributed by atoms with Crippen molar-refractivity contribution in [3.8, 4) is 23.0 Å². The van der Waals surface area contributed by atoms with Crippen molar-refractivity contribution >= 4 is 33.4 Å². The number of nitrogens with zero attached hydrogens (tertiary/aromatic N) is 4. The van der Waals surface area contributed by atoms with Gasteiger partial charge < -0.3 is 18.9 Å². The molecule has 0 spiro atoms. The summed E-state index contributed by atoms with van der Waals surface area (Å²) < 4.78 is 26.2. The summed E-state index contributed by atoms with van der Waals surface area (Å²) in [5.74, 6) is 3.58. The Bertz CT molecular complexity index is 2550. The summed E-state index contributed by atoms with van der Waals surface area (Å²) in [7, 11) is 3.36. The highest BCUT2D eigenvalue weighted by Gasteiger charge is 2.46. The molecule has 8 heterocycles. The van der Waals surface area contributed by atoms with Crippen molar-refractivity contribution in [1.82, 2.24) is 19.8 Å². The average molecular weight is 887 g/mol. The minimum atomic E-state index is -0.632. The van der Waals surface area contributed by atoms with Gasteiger partial charge in [0.15, 0.2) is 11.6 Å². The molecule has 13 rings (SSSR count). The van der Waals surface area contributed by atoms with Crippen LogP contribution in [0.5, 0.6) is 23.0 Å². The first-order chi connectivity index (χ1) is 32.3. The smallest absolute Gasteiger partial charge is 0.175 e. The lowest BCUT2D eigenvalue weighted by Crippen LogP contribution is -2.53. The fourth-order valence-electron chi connectivity index (χ4n) is 13.0. The second kappa shape index (κ2) is 17.9. The first-order valence-electron chi connectivity index (χ1n) is 24.6. The molecule has 6 aliphatic heterocycles. The predicted molar refractivity (Wildman–Crippen MR) is 257 cm³/mol. The minimum absolute atomic E-state index is 0.126. The average Bonchev–Trinajstić information content (AvgIpc) is 3.37. The third-order valence-corrected chi connectivity index (χ3v) is 16.6. The lowest BCUT2D eigenvalue weighted by atomic mass is 9.71. The van der Waals surface area contributed by atoms with Crippen LogP contribution in [0.3, 0.4) is 0 Å². The first kappa shape index (κ1) is 43.0. The van der Waals surface area contributed by atoms with Gasteiger partial charge in [-0.25, -0.2) is 0 Å². The molecule has 6 unspecified atom stereocenters. The fraction of sp³-hybridized carbons (Fsp3) is 0.464. The molecule has 2 aliphatic carbocycles. The maximum Gasteiger partial charge on any atom is 0.175 e. The van der Waals surface area contributed by atoms with E-state index in [4.69, 9.17) is 28.9 Å². The van der Waals surface area contributed by atoms with Crippen LogP contribution in [-0.2, 0) is 0 Å². The second-order valence-corrected chi connectivity index (χ2v) is 19.8. The van der Waals surface area contributed by atoms with E-state index in [2.05, 4.69) is 35.8 Å². The molecule has 12 atom stereocenters. The molecule has 10 heteroatoms. The van der Waals surface area contributed by atoms with Crippen LogP contribution in [-0.4, -0.2) is 83.8 Å². The third-order valence-electron chi connectivity index (χ3n) is 16.6. The maximum absolute atomic E-state index is 15.2. The normalized spacial score (nSPS) is 29.4. The van der Waals surface area contributed by atoms with Crippen LogP contribution >= 0.6 is 0 Å². The van der Waals surface area contributed by atoms with Crippen LogP contribution < -0.4 is 18.9 Å². The van der Waals surface area contributed by atoms with Crippen LogP contribution in [0.15, 0.2) is 97.4 Å². The van der Waals surface area contributed by atoms with E-state index in [1.807, 2.05) is 85.2 Å². The molecule has 8 aliphatic rings. The van der Waals surface area contributed by atoms with Crippen molar-refractivity contribution in [2.45, 2.75) is 89.5 Å². The van der Waals surface area contributed by atoms with Crippen LogP contribution in [0, 0.1) is 35.5 Å². The number of carbonyl (C=O) groups is 2. The Morgan fingerprint density at radius 3 is 1.47 bits per heavy atom. The molecule has 10 nitrogen and oxygen atoms in total. The summed E-state index contributed by atoms with van der Waals surface area (Å²) in [4.78, 5) is 45.2. The Balaban J connectivity index is 1.03. The van der Waals surface area contributed by atoms with Crippen LogP contribution in [0.1, 0.15) is 109 Å². The van der Waals surface area contributed by atoms with Crippen molar-refractivity contribution in [2.75, 3.05) is 40.4 Å². The number of benzene rings is 3. The molecule has 6 fully saturated rings. The molecule has 66 heavy (non-hydrogen) atoms. The number of methoxy groups -OCH3 is 2. The first-order valence-corrected chi connectivity index (χ1v) is 24.6. The van der Waals surface area contributed by atoms with Gasteiger partial charge in [0.05, 0.1) is 48.2 Å². The summed E-state index contributed by atoms with van der Waals surface area (Å²) in [5, 5.41) is 1.89. The number of aromatic nitrogens is 2. The number of hydrogen-bond donors (Lipinski definition) is 0. The third kappa shape index (κ3) is 7.67. The summed E-state index contributed by atoms with van der Waals surface area (Å²) >= 11 is 0. The molecule has 0 amide bonds. The van der Waals surface area contributed by atoms with Crippen molar-refractivity contribution in [3.63, 3.8) is 0 Å². The molecule has 6 saturated heterocycles. The Morgan fingerprint density at radius 1 is 0.621 bits per heavy atom. The van der Waals surface area contributed by atoms with E-state index in [1.54, 1.807) is 14.2 Å². The molecular weight excluding hydrogens is 825 g/mol. The largest absolute Gasteiger partial charge is 0.497 e. The number of piperidine rings is 6. The van der Waals surface area contributed by atoms with Gasteiger partial charge >= 0.3 is 0 Å². The number of carbonyl (C=O) groups excluding carboxylic acids is 2. The summed E-state index contributed by atoms with van der Waals surface area (Å²) in [5.41, 5.74) is 4.27. The summed E-state index contributed by atoms with van der Waals surface area (Å²) in [6.07, 6.45) is 18.8. The molecular formula is C56H62N4O6. The van der Waals surface area contributed by atoms with Gasteiger partial charge in [-0.15, -0.1) is 0 Å². The van der Waals surface area contributed by atoms with Crippen molar-refractivity contribution in [2.24, 2.45) is 35.5 Å². The molecule has 2 aromatic heterocycles. The van der Waals surface area contributed by atoms with Crippen molar-refractivity contribution in [3.05, 3.63) is 120 Å². The molecule has 0 N–H and O–H groups in total. The van der Waals surface area contributed by atoms with Gasteiger partial charge in [-0.1, -0.05) is 51.0 Å². The molecule has 342 valence electrons. The SMILES string of the molecule is CC[C@@H]1CN2CCC1C[C@H]2C[C@H](Oc1ccc(O[C@@H](C[C@H]2CC3CCN2C[C@@H]3CC)c2ccnc3ccc(OC)cc23)c2c1C(=O)C1C=CC=CC1C2=O)c1ccnc2ccc(OC)cc12. The number of rotatable bonds is 14. The lowest BCUT2D eigenvalue weighted by Gasteiger charge is -2.50. The summed E-state index contributed by atoms with van der Waals surface area (Å²) in [6.45, 7) is 9.00. The highest BCUT2D eigenvalue weighted by atomic mass is 16.5. The van der Waals surface area contributed by atoms with E-state index < -0.39 is 24.0 Å². The van der Waals surface area contributed by atoms with Gasteiger partial charge in [-0.05, 0) is 123 Å². The molecule has 3 aromatic carbocycles. The van der Waals surface area contributed by atoms with Gasteiger partial charge in [-0.2, -0.15) is 0 Å². The molecule has 0 saturated carbocycles. The second-order valence-electron chi connectivity index (χ2n) is 19.8. The number of fused-ring (bicyclic) bond motifs is 10. The van der Waals surface area contributed by atoms with E-state index in [0.29, 0.717) is 58.4 Å². The van der Waals surface area contributed by atoms with E-state index in [-0.39, 0.29) is 11.6 Å². The lowest BCUT2D eigenvalue weighted by molar-refractivity contribution is -0.0180. The molecule has 5 aromatic rings. The highest BCUT2D eigenvalue weighted by Crippen LogP contribution is 2.49. The summed E-state index contributed by atoms with van der Waals surface area (Å²) in [6, 6.07) is 20.4. The van der Waals surface area contributed by atoms with Crippen molar-refractivity contribution < 1.29 is 28.5 Å². The van der Waals surface area contributed by atoms with Gasteiger partial charge in [0.2, 0.25) is 0 Å². The number of ether oxygens (including phenoxy) is 4. The van der Waals surface area contributed by atoms with E-state index >= 15 is 9.59 Å². The monoisotopic (exact) mass is 886 g/mol. The zero-order valence-electron chi connectivity index (χ0n) is 38.7. The quantitative estimate of drug-likeness (QED) is 0.107. The standard InChI is InChI=1S/C56H62N4O6/c1-5-33-31-59-23-19-35(33)25-37(59)27-51(41-17-21-57-47-13-11-39(63-3)29-45(41)47)65-49-15-16-50(54-53(49)55(61)43-9-7-8-10-44(43)56(54)62)66-52(28-38-26-36-20-24-60(38)32-34(36)6-2)42-18-22-58-48-14-12-40(64-4)30-46(42)48/h7-18,21-22,29-30,33-38,43-44,51-52H,5-6,19-20,23-28,31-32H2,1-4H3/t33-,34+,35?,36?,37+,38-,43?,44?,51-,52-/m0/s1. The van der Waals surface area contributed by atoms with Crippen LogP contribution in [0.2, 0.25) is 0 Å². The van der Waals surface area contributed by atoms with Gasteiger partial charge in [0.1, 0.15) is 35.2 Å². The van der Waals surface area contributed by atoms with Gasteiger partial charge in [-0.3, -0.25) is 29.4 Å². The molecule has 0 radical (unpaired) electrons. The fourth-order valence-corrected chi connectivity index (χ4v) is 13.0. The van der Waals surface area contributed by atoms with Crippen LogP contribution in [0.25, 0.3) is 21.8 Å². The van der Waals surface area contributed by atoms with Crippen LogP contribution in [0.4, 0.5) is 0 Å². The van der Waals surface area contributed by atoms with Gasteiger partial charge in [0.25, 0.3) is 0 Å². The Hall–Kier alpha value is -5.58. The zero-order valence-corrected chi connectivity index (χ0v) is 38.7. The highest BCUT2D eigenvalue weighted by molar-refractivity contribution is 6.20.